The molecule has 0 radical (unpaired) electrons. The number of aromatic nitrogens is 4. The van der Waals surface area contributed by atoms with Crippen LogP contribution in [0.4, 0.5) is 5.82 Å². The van der Waals surface area contributed by atoms with Crippen LogP contribution < -0.4 is 5.32 Å². The van der Waals surface area contributed by atoms with Crippen molar-refractivity contribution < 1.29 is 0 Å². The number of rotatable bonds is 4. The van der Waals surface area contributed by atoms with Crippen LogP contribution in [0.5, 0.6) is 0 Å². The fourth-order valence-corrected chi connectivity index (χ4v) is 2.49. The summed E-state index contributed by atoms with van der Waals surface area (Å²) in [6, 6.07) is 4.18. The molecule has 21 heavy (non-hydrogen) atoms. The van der Waals surface area contributed by atoms with E-state index in [4.69, 9.17) is 0 Å². The summed E-state index contributed by atoms with van der Waals surface area (Å²) in [4.78, 5) is 9.17. The molecule has 1 aliphatic carbocycles. The van der Waals surface area contributed by atoms with E-state index in [0.29, 0.717) is 18.4 Å². The molecule has 0 saturated carbocycles. The Balaban J connectivity index is 1.98. The number of hydrogen-bond acceptors (Lipinski definition) is 5. The monoisotopic (exact) mass is 280 g/mol. The molecule has 0 bridgehead atoms. The van der Waals surface area contributed by atoms with E-state index in [2.05, 4.69) is 26.5 Å². The molecule has 0 spiro atoms. The molecular weight excluding hydrogens is 264 g/mol. The average molecular weight is 280 g/mol. The Labute approximate surface area is 123 Å². The highest BCUT2D eigenvalue weighted by Crippen LogP contribution is 2.31. The summed E-state index contributed by atoms with van der Waals surface area (Å²) >= 11 is 0. The molecule has 0 aromatic carbocycles. The first-order chi connectivity index (χ1) is 10.2. The molecule has 0 amide bonds. The van der Waals surface area contributed by atoms with Gasteiger partial charge in [-0.05, 0) is 13.0 Å². The van der Waals surface area contributed by atoms with Crippen LogP contribution in [-0.4, -0.2) is 26.3 Å². The lowest BCUT2D eigenvalue weighted by Crippen LogP contribution is -2.09. The van der Waals surface area contributed by atoms with Crippen LogP contribution in [0, 0.1) is 11.3 Å². The van der Waals surface area contributed by atoms with Gasteiger partial charge in [-0.15, -0.1) is 0 Å². The van der Waals surface area contributed by atoms with E-state index in [1.165, 1.54) is 0 Å². The van der Waals surface area contributed by atoms with E-state index >= 15 is 0 Å². The van der Waals surface area contributed by atoms with E-state index in [1.54, 1.807) is 4.68 Å². The topological polar surface area (TPSA) is 79.4 Å². The molecule has 1 aliphatic rings. The summed E-state index contributed by atoms with van der Waals surface area (Å²) < 4.78 is 1.77. The quantitative estimate of drug-likeness (QED) is 0.922. The van der Waals surface area contributed by atoms with Gasteiger partial charge in [-0.2, -0.15) is 10.4 Å². The lowest BCUT2D eigenvalue weighted by Gasteiger charge is -2.11. The Morgan fingerprint density at radius 2 is 2.29 bits per heavy atom. The second kappa shape index (κ2) is 5.37. The van der Waals surface area contributed by atoms with Gasteiger partial charge in [-0.3, -0.25) is 4.68 Å². The van der Waals surface area contributed by atoms with E-state index in [9.17, 15) is 5.26 Å². The van der Waals surface area contributed by atoms with E-state index in [0.717, 1.165) is 35.1 Å². The van der Waals surface area contributed by atoms with Gasteiger partial charge < -0.3 is 5.32 Å². The number of nitriles is 1. The summed E-state index contributed by atoms with van der Waals surface area (Å²) in [6.07, 6.45) is 5.09. The van der Waals surface area contributed by atoms with Gasteiger partial charge in [0, 0.05) is 26.2 Å². The zero-order valence-electron chi connectivity index (χ0n) is 12.1. The molecule has 106 valence electrons. The van der Waals surface area contributed by atoms with Gasteiger partial charge in [-0.1, -0.05) is 6.08 Å². The molecule has 1 N–H and O–H groups in total. The third-order valence-electron chi connectivity index (χ3n) is 3.37. The Hall–Kier alpha value is -2.68. The lowest BCUT2D eigenvalue weighted by molar-refractivity contribution is 0.743. The Morgan fingerprint density at radius 1 is 1.43 bits per heavy atom. The van der Waals surface area contributed by atoms with Crippen LogP contribution in [0.25, 0.3) is 5.57 Å². The number of nitrogens with zero attached hydrogens (tertiary/aromatic N) is 5. The van der Waals surface area contributed by atoms with Gasteiger partial charge in [0.25, 0.3) is 0 Å². The van der Waals surface area contributed by atoms with Crippen LogP contribution in [-0.2, 0) is 19.9 Å². The Morgan fingerprint density at radius 3 is 2.95 bits per heavy atom. The highest BCUT2D eigenvalue weighted by Gasteiger charge is 2.22. The minimum Gasteiger partial charge on any atom is -0.370 e. The van der Waals surface area contributed by atoms with Crippen LogP contribution >= 0.6 is 0 Å². The maximum Gasteiger partial charge on any atom is 0.138 e. The zero-order chi connectivity index (χ0) is 14.8. The van der Waals surface area contributed by atoms with Crippen LogP contribution in [0.15, 0.2) is 18.3 Å². The van der Waals surface area contributed by atoms with Crippen LogP contribution in [0.2, 0.25) is 0 Å². The molecule has 0 atom stereocenters. The van der Waals surface area contributed by atoms with E-state index in [-0.39, 0.29) is 0 Å². The first kappa shape index (κ1) is 13.3. The largest absolute Gasteiger partial charge is 0.370 e. The molecule has 0 saturated heterocycles. The maximum atomic E-state index is 9.20. The molecule has 6 nitrogen and oxygen atoms in total. The number of aryl methyl sites for hydroxylation is 1. The molecule has 2 heterocycles. The minimum atomic E-state index is 0.592. The second-order valence-electron chi connectivity index (χ2n) is 4.93. The van der Waals surface area contributed by atoms with Gasteiger partial charge in [0.15, 0.2) is 0 Å². The summed E-state index contributed by atoms with van der Waals surface area (Å²) in [6.45, 7) is 2.77. The van der Waals surface area contributed by atoms with Gasteiger partial charge in [0.05, 0.1) is 35.0 Å². The first-order valence-corrected chi connectivity index (χ1v) is 6.94. The van der Waals surface area contributed by atoms with Crippen LogP contribution in [0.3, 0.4) is 0 Å². The highest BCUT2D eigenvalue weighted by molar-refractivity contribution is 5.87. The van der Waals surface area contributed by atoms with E-state index in [1.807, 2.05) is 32.3 Å². The molecule has 2 aromatic rings. The number of hydrogen-bond donors (Lipinski definition) is 1. The van der Waals surface area contributed by atoms with E-state index < -0.39 is 0 Å². The van der Waals surface area contributed by atoms with Gasteiger partial charge in [0.2, 0.25) is 0 Å². The molecule has 3 rings (SSSR count). The Kier molecular flexibility index (Phi) is 3.40. The van der Waals surface area contributed by atoms with Crippen LogP contribution in [0.1, 0.15) is 29.7 Å². The molecule has 2 aromatic heterocycles. The summed E-state index contributed by atoms with van der Waals surface area (Å²) in [5.41, 5.74) is 3.37. The van der Waals surface area contributed by atoms with Crippen molar-refractivity contribution in [3.63, 3.8) is 0 Å². The average Bonchev–Trinajstić information content (AvgIpc) is 3.05. The standard InChI is InChI=1S/C15H16N6/c1-3-17-15-14-10(9-16)4-5-12(14)18-13(19-15)8-11-6-7-21(2)20-11/h4,6-7H,3,5,8H2,1-2H3,(H,17,18,19). The highest BCUT2D eigenvalue weighted by atomic mass is 15.2. The lowest BCUT2D eigenvalue weighted by atomic mass is 10.1. The molecule has 6 heteroatoms. The number of fused-ring (bicyclic) bond motifs is 1. The van der Waals surface area contributed by atoms with Crippen molar-refractivity contribution in [2.24, 2.45) is 7.05 Å². The normalized spacial score (nSPS) is 12.7. The second-order valence-corrected chi connectivity index (χ2v) is 4.93. The smallest absolute Gasteiger partial charge is 0.138 e. The molecule has 0 aliphatic heterocycles. The van der Waals surface area contributed by atoms with Crippen molar-refractivity contribution in [3.05, 3.63) is 41.1 Å². The van der Waals surface area contributed by atoms with Gasteiger partial charge in [-0.25, -0.2) is 9.97 Å². The van der Waals surface area contributed by atoms with Crippen molar-refractivity contribution in [3.8, 4) is 6.07 Å². The third kappa shape index (κ3) is 2.50. The van der Waals surface area contributed by atoms with Crippen molar-refractivity contribution >= 4 is 11.4 Å². The zero-order valence-corrected chi connectivity index (χ0v) is 12.1. The number of allylic oxidation sites excluding steroid dienone is 2. The molecule has 0 unspecified atom stereocenters. The third-order valence-corrected chi connectivity index (χ3v) is 3.37. The SMILES string of the molecule is CCNc1nc(Cc2ccn(C)n2)nc2c1C(C#N)=CC2. The summed E-state index contributed by atoms with van der Waals surface area (Å²) in [7, 11) is 1.89. The van der Waals surface area contributed by atoms with Crippen molar-refractivity contribution in [2.75, 3.05) is 11.9 Å². The van der Waals surface area contributed by atoms with Gasteiger partial charge >= 0.3 is 0 Å². The summed E-state index contributed by atoms with van der Waals surface area (Å²) in [5.74, 6) is 1.48. The van der Waals surface area contributed by atoms with Crippen molar-refractivity contribution in [2.45, 2.75) is 19.8 Å². The van der Waals surface area contributed by atoms with Crippen molar-refractivity contribution in [1.29, 1.82) is 5.26 Å². The first-order valence-electron chi connectivity index (χ1n) is 6.94. The minimum absolute atomic E-state index is 0.592. The molecule has 0 fully saturated rings. The number of nitrogens with one attached hydrogen (secondary N) is 1. The Bertz CT molecular complexity index is 750. The molecular formula is C15H16N6. The fourth-order valence-electron chi connectivity index (χ4n) is 2.49. The number of anilines is 1. The predicted octanol–water partition coefficient (Wildman–Crippen LogP) is 1.70. The predicted molar refractivity (Wildman–Crippen MR) is 79.5 cm³/mol. The van der Waals surface area contributed by atoms with Crippen molar-refractivity contribution in [1.82, 2.24) is 19.7 Å². The maximum absolute atomic E-state index is 9.20. The fraction of sp³-hybridized carbons (Fsp3) is 0.333. The summed E-state index contributed by atoms with van der Waals surface area (Å²) in [5, 5.41) is 16.8. The van der Waals surface area contributed by atoms with Gasteiger partial charge in [0.1, 0.15) is 11.6 Å².